The molecule has 1 N–H and O–H groups in total. The molecule has 0 heterocycles. The molecule has 0 aliphatic heterocycles. The largest absolute Gasteiger partial charge is 0.465 e. The van der Waals surface area contributed by atoms with Crippen LogP contribution in [-0.2, 0) is 14.8 Å². The molecule has 0 amide bonds. The van der Waals surface area contributed by atoms with E-state index in [1.807, 2.05) is 0 Å². The van der Waals surface area contributed by atoms with Gasteiger partial charge in [0.05, 0.1) is 23.3 Å². The number of anilines is 1. The second-order valence-electron chi connectivity index (χ2n) is 5.04. The third-order valence-electron chi connectivity index (χ3n) is 3.34. The van der Waals surface area contributed by atoms with Gasteiger partial charge in [-0.2, -0.15) is 0 Å². The van der Waals surface area contributed by atoms with E-state index in [1.54, 1.807) is 38.1 Å². The highest BCUT2D eigenvalue weighted by Gasteiger charge is 2.19. The van der Waals surface area contributed by atoms with Gasteiger partial charge in [-0.05, 0) is 49.2 Å². The summed E-state index contributed by atoms with van der Waals surface area (Å²) in [5.41, 5.74) is 1.95. The number of rotatable bonds is 4. The Kier molecular flexibility index (Phi) is 5.11. The molecule has 0 aliphatic rings. The smallest absolute Gasteiger partial charge is 0.337 e. The number of hydrogen-bond acceptors (Lipinski definition) is 4. The molecule has 0 radical (unpaired) electrons. The summed E-state index contributed by atoms with van der Waals surface area (Å²) in [7, 11) is -2.50. The Hall–Kier alpha value is -1.86. The molecule has 0 saturated carbocycles. The number of carbonyl (C=O) groups excluding carboxylic acids is 1. The zero-order valence-corrected chi connectivity index (χ0v) is 15.3. The van der Waals surface area contributed by atoms with Crippen molar-refractivity contribution in [2.24, 2.45) is 0 Å². The summed E-state index contributed by atoms with van der Waals surface area (Å²) >= 11 is 3.28. The van der Waals surface area contributed by atoms with Gasteiger partial charge in [0.2, 0.25) is 0 Å². The van der Waals surface area contributed by atoms with Crippen molar-refractivity contribution in [2.45, 2.75) is 18.7 Å². The second kappa shape index (κ2) is 6.72. The molecule has 122 valence electrons. The van der Waals surface area contributed by atoms with E-state index in [9.17, 15) is 13.2 Å². The average molecular weight is 398 g/mol. The minimum Gasteiger partial charge on any atom is -0.465 e. The number of esters is 1. The lowest BCUT2D eigenvalue weighted by molar-refractivity contribution is 0.0601. The van der Waals surface area contributed by atoms with E-state index < -0.39 is 16.0 Å². The van der Waals surface area contributed by atoms with Gasteiger partial charge in [0.1, 0.15) is 0 Å². The minimum absolute atomic E-state index is 0.176. The first kappa shape index (κ1) is 17.5. The second-order valence-corrected chi connectivity index (χ2v) is 7.60. The highest BCUT2D eigenvalue weighted by molar-refractivity contribution is 9.10. The third kappa shape index (κ3) is 3.92. The molecular formula is C16H16BrNO4S. The quantitative estimate of drug-likeness (QED) is 0.798. The third-order valence-corrected chi connectivity index (χ3v) is 5.34. The predicted molar refractivity (Wildman–Crippen MR) is 92.2 cm³/mol. The Morgan fingerprint density at radius 3 is 2.39 bits per heavy atom. The lowest BCUT2D eigenvalue weighted by Gasteiger charge is -2.13. The Morgan fingerprint density at radius 2 is 1.74 bits per heavy atom. The van der Waals surface area contributed by atoms with Crippen LogP contribution in [0.4, 0.5) is 5.69 Å². The standard InChI is InChI=1S/C16H16BrNO4S/c1-10-4-6-12(16(19)22-3)8-14(10)18-23(20,21)15-9-13(17)7-5-11(15)2/h4-9,18H,1-3H3. The van der Waals surface area contributed by atoms with Gasteiger partial charge in [-0.1, -0.05) is 28.1 Å². The van der Waals surface area contributed by atoms with Crippen LogP contribution in [0.5, 0.6) is 0 Å². The number of methoxy groups -OCH3 is 1. The first-order valence-corrected chi connectivity index (χ1v) is 9.00. The molecule has 2 aromatic carbocycles. The molecule has 2 rings (SSSR count). The molecule has 0 aromatic heterocycles. The first-order valence-electron chi connectivity index (χ1n) is 6.72. The van der Waals surface area contributed by atoms with E-state index >= 15 is 0 Å². The Bertz CT molecular complexity index is 862. The van der Waals surface area contributed by atoms with Crippen molar-refractivity contribution in [3.63, 3.8) is 0 Å². The van der Waals surface area contributed by atoms with Gasteiger partial charge in [-0.25, -0.2) is 13.2 Å². The van der Waals surface area contributed by atoms with Crippen LogP contribution >= 0.6 is 15.9 Å². The molecule has 0 unspecified atom stereocenters. The van der Waals surface area contributed by atoms with Crippen LogP contribution in [0.15, 0.2) is 45.8 Å². The molecule has 0 fully saturated rings. The molecule has 5 nitrogen and oxygen atoms in total. The molecule has 0 bridgehead atoms. The summed E-state index contributed by atoms with van der Waals surface area (Å²) in [6.45, 7) is 3.48. The number of sulfonamides is 1. The topological polar surface area (TPSA) is 72.5 Å². The van der Waals surface area contributed by atoms with Crippen molar-refractivity contribution in [2.75, 3.05) is 11.8 Å². The van der Waals surface area contributed by atoms with E-state index in [1.165, 1.54) is 19.2 Å². The maximum absolute atomic E-state index is 12.6. The van der Waals surface area contributed by atoms with Gasteiger partial charge >= 0.3 is 5.97 Å². The van der Waals surface area contributed by atoms with Crippen molar-refractivity contribution >= 4 is 37.6 Å². The fraction of sp³-hybridized carbons (Fsp3) is 0.188. The molecule has 0 saturated heterocycles. The van der Waals surface area contributed by atoms with Gasteiger partial charge in [0.25, 0.3) is 10.0 Å². The van der Waals surface area contributed by atoms with Gasteiger partial charge in [-0.15, -0.1) is 0 Å². The van der Waals surface area contributed by atoms with Crippen molar-refractivity contribution in [3.05, 3.63) is 57.6 Å². The van der Waals surface area contributed by atoms with E-state index in [0.29, 0.717) is 21.3 Å². The SMILES string of the molecule is COC(=O)c1ccc(C)c(NS(=O)(=O)c2cc(Br)ccc2C)c1. The molecule has 23 heavy (non-hydrogen) atoms. The van der Waals surface area contributed by atoms with E-state index in [-0.39, 0.29) is 10.5 Å². The fourth-order valence-corrected chi connectivity index (χ4v) is 3.95. The van der Waals surface area contributed by atoms with Gasteiger partial charge < -0.3 is 4.74 Å². The molecular weight excluding hydrogens is 382 g/mol. The van der Waals surface area contributed by atoms with Crippen LogP contribution in [0.25, 0.3) is 0 Å². The van der Waals surface area contributed by atoms with E-state index in [0.717, 1.165) is 0 Å². The number of ether oxygens (including phenoxy) is 1. The van der Waals surface area contributed by atoms with Crippen molar-refractivity contribution in [3.8, 4) is 0 Å². The maximum atomic E-state index is 12.6. The number of nitrogens with one attached hydrogen (secondary N) is 1. The van der Waals surface area contributed by atoms with Crippen LogP contribution < -0.4 is 4.72 Å². The normalized spacial score (nSPS) is 11.1. The fourth-order valence-electron chi connectivity index (χ4n) is 2.04. The Balaban J connectivity index is 2.45. The number of benzene rings is 2. The monoisotopic (exact) mass is 397 g/mol. The van der Waals surface area contributed by atoms with Gasteiger partial charge in [0, 0.05) is 4.47 Å². The molecule has 7 heteroatoms. The Morgan fingerprint density at radius 1 is 1.09 bits per heavy atom. The summed E-state index contributed by atoms with van der Waals surface area (Å²) in [4.78, 5) is 11.8. The average Bonchev–Trinajstić information content (AvgIpc) is 2.50. The molecule has 0 atom stereocenters. The molecule has 2 aromatic rings. The maximum Gasteiger partial charge on any atom is 0.337 e. The van der Waals surface area contributed by atoms with Crippen molar-refractivity contribution < 1.29 is 17.9 Å². The van der Waals surface area contributed by atoms with Crippen molar-refractivity contribution in [1.82, 2.24) is 0 Å². The zero-order valence-electron chi connectivity index (χ0n) is 12.9. The summed E-state index contributed by atoms with van der Waals surface area (Å²) in [6, 6.07) is 9.75. The summed E-state index contributed by atoms with van der Waals surface area (Å²) in [6.07, 6.45) is 0. The van der Waals surface area contributed by atoms with Gasteiger partial charge in [0.15, 0.2) is 0 Å². The zero-order chi connectivity index (χ0) is 17.2. The number of carbonyl (C=O) groups is 1. The summed E-state index contributed by atoms with van der Waals surface area (Å²) in [5, 5.41) is 0. The minimum atomic E-state index is -3.77. The first-order chi connectivity index (χ1) is 10.7. The van der Waals surface area contributed by atoms with E-state index in [4.69, 9.17) is 0 Å². The number of halogens is 1. The lowest BCUT2D eigenvalue weighted by atomic mass is 10.1. The highest BCUT2D eigenvalue weighted by atomic mass is 79.9. The van der Waals surface area contributed by atoms with Crippen LogP contribution in [0.2, 0.25) is 0 Å². The van der Waals surface area contributed by atoms with Crippen LogP contribution in [0.1, 0.15) is 21.5 Å². The van der Waals surface area contributed by atoms with Gasteiger partial charge in [-0.3, -0.25) is 4.72 Å². The van der Waals surface area contributed by atoms with E-state index in [2.05, 4.69) is 25.4 Å². The lowest BCUT2D eigenvalue weighted by Crippen LogP contribution is -2.15. The number of hydrogen-bond donors (Lipinski definition) is 1. The summed E-state index contributed by atoms with van der Waals surface area (Å²) < 4.78 is 33.1. The predicted octanol–water partition coefficient (Wildman–Crippen LogP) is 3.65. The van der Waals surface area contributed by atoms with Crippen LogP contribution in [0, 0.1) is 13.8 Å². The van der Waals surface area contributed by atoms with Crippen LogP contribution in [-0.4, -0.2) is 21.5 Å². The summed E-state index contributed by atoms with van der Waals surface area (Å²) in [5.74, 6) is -0.524. The molecule has 0 spiro atoms. The van der Waals surface area contributed by atoms with Crippen LogP contribution in [0.3, 0.4) is 0 Å². The molecule has 0 aliphatic carbocycles. The Labute approximate surface area is 143 Å². The number of aryl methyl sites for hydroxylation is 2. The van der Waals surface area contributed by atoms with Crippen molar-refractivity contribution in [1.29, 1.82) is 0 Å². The highest BCUT2D eigenvalue weighted by Crippen LogP contribution is 2.25.